The van der Waals surface area contributed by atoms with Crippen LogP contribution in [-0.2, 0) is 4.65 Å². The summed E-state index contributed by atoms with van der Waals surface area (Å²) in [6, 6.07) is 5.38. The molecule has 0 atom stereocenters. The highest BCUT2D eigenvalue weighted by atomic mass is 16.5. The van der Waals surface area contributed by atoms with E-state index in [2.05, 4.69) is 0 Å². The minimum Gasteiger partial charge on any atom is -0.423 e. The molecule has 0 heterocycles. The smallest absolute Gasteiger partial charge is 0.423 e. The third-order valence-electron chi connectivity index (χ3n) is 3.39. The number of aryl methyl sites for hydroxylation is 1. The van der Waals surface area contributed by atoms with Gasteiger partial charge in [-0.15, -0.1) is 0 Å². The fourth-order valence-electron chi connectivity index (χ4n) is 1.39. The van der Waals surface area contributed by atoms with Gasteiger partial charge in [0.05, 0.1) is 11.2 Å². The van der Waals surface area contributed by atoms with Gasteiger partial charge in [-0.3, -0.25) is 0 Å². The highest BCUT2D eigenvalue weighted by Crippen LogP contribution is 2.25. The molecule has 0 aliphatic rings. The maximum Gasteiger partial charge on any atom is 0.493 e. The second-order valence-corrected chi connectivity index (χ2v) is 5.67. The molecule has 0 saturated carbocycles. The lowest BCUT2D eigenvalue weighted by Crippen LogP contribution is -2.53. The molecule has 4 N–H and O–H groups in total. The van der Waals surface area contributed by atoms with Gasteiger partial charge in [0.15, 0.2) is 0 Å². The molecule has 0 saturated heterocycles. The van der Waals surface area contributed by atoms with Crippen LogP contribution in [0.4, 0.5) is 5.69 Å². The van der Waals surface area contributed by atoms with Crippen LogP contribution in [0.5, 0.6) is 0 Å². The largest absolute Gasteiger partial charge is 0.493 e. The topological polar surface area (TPSA) is 75.7 Å². The van der Waals surface area contributed by atoms with Crippen molar-refractivity contribution in [3.05, 3.63) is 23.8 Å². The van der Waals surface area contributed by atoms with Crippen LogP contribution in [0.15, 0.2) is 18.2 Å². The summed E-state index contributed by atoms with van der Waals surface area (Å²) in [5.41, 5.74) is 5.82. The zero-order chi connectivity index (χ0) is 14.1. The van der Waals surface area contributed by atoms with E-state index in [-0.39, 0.29) is 0 Å². The van der Waals surface area contributed by atoms with Crippen molar-refractivity contribution in [2.75, 3.05) is 5.73 Å². The Morgan fingerprint density at radius 2 is 1.78 bits per heavy atom. The van der Waals surface area contributed by atoms with E-state index in [4.69, 9.17) is 10.4 Å². The van der Waals surface area contributed by atoms with Gasteiger partial charge in [-0.2, -0.15) is 0 Å². The Bertz CT molecular complexity index is 427. The monoisotopic (exact) mass is 251 g/mol. The van der Waals surface area contributed by atoms with Crippen molar-refractivity contribution in [1.82, 2.24) is 0 Å². The summed E-state index contributed by atoms with van der Waals surface area (Å²) in [5.74, 6) is 0. The van der Waals surface area contributed by atoms with Gasteiger partial charge in [0.2, 0.25) is 0 Å². The Labute approximate surface area is 109 Å². The van der Waals surface area contributed by atoms with E-state index in [0.717, 1.165) is 5.56 Å². The van der Waals surface area contributed by atoms with E-state index >= 15 is 0 Å². The molecule has 4 nitrogen and oxygen atoms in total. The first-order valence-electron chi connectivity index (χ1n) is 5.99. The summed E-state index contributed by atoms with van der Waals surface area (Å²) in [7, 11) is -1.16. The number of rotatable bonds is 4. The van der Waals surface area contributed by atoms with Gasteiger partial charge in [0.25, 0.3) is 0 Å². The van der Waals surface area contributed by atoms with Crippen LogP contribution in [0, 0.1) is 6.92 Å². The molecule has 1 aromatic rings. The quantitative estimate of drug-likeness (QED) is 0.547. The minimum absolute atomic E-state index is 0.472. The summed E-state index contributed by atoms with van der Waals surface area (Å²) in [6.45, 7) is 8.64. The predicted octanol–water partition coefficient (Wildman–Crippen LogP) is 0.831. The third-order valence-corrected chi connectivity index (χ3v) is 3.39. The molecule has 1 aromatic carbocycles. The molecule has 100 valence electrons. The molecule has 0 fully saturated rings. The minimum atomic E-state index is -1.16. The maximum atomic E-state index is 10.1. The molecular formula is C13H22BNO3. The van der Waals surface area contributed by atoms with Gasteiger partial charge in [0, 0.05) is 11.2 Å². The Morgan fingerprint density at radius 3 is 2.28 bits per heavy atom. The number of aliphatic hydroxyl groups is 1. The van der Waals surface area contributed by atoms with E-state index in [0.29, 0.717) is 11.2 Å². The SMILES string of the molecule is Cc1ccc(N)c(B(O)OC(C)(C)C(C)(C)O)c1. The molecule has 0 radical (unpaired) electrons. The predicted molar refractivity (Wildman–Crippen MR) is 74.7 cm³/mol. The lowest BCUT2D eigenvalue weighted by Gasteiger charge is -2.38. The molecule has 5 heteroatoms. The van der Waals surface area contributed by atoms with Gasteiger partial charge in [-0.25, -0.2) is 0 Å². The summed E-state index contributed by atoms with van der Waals surface area (Å²) < 4.78 is 5.55. The van der Waals surface area contributed by atoms with Gasteiger partial charge in [0.1, 0.15) is 0 Å². The number of hydrogen-bond donors (Lipinski definition) is 3. The van der Waals surface area contributed by atoms with E-state index < -0.39 is 18.3 Å². The summed E-state index contributed by atoms with van der Waals surface area (Å²) in [5, 5.41) is 20.1. The summed E-state index contributed by atoms with van der Waals surface area (Å²) in [4.78, 5) is 0. The fraction of sp³-hybridized carbons (Fsp3) is 0.538. The molecule has 1 rings (SSSR count). The van der Waals surface area contributed by atoms with E-state index in [1.165, 1.54) is 0 Å². The normalized spacial score (nSPS) is 12.6. The number of benzene rings is 1. The third kappa shape index (κ3) is 3.25. The van der Waals surface area contributed by atoms with Crippen molar-refractivity contribution in [2.45, 2.75) is 45.8 Å². The van der Waals surface area contributed by atoms with Gasteiger partial charge < -0.3 is 20.5 Å². The first kappa shape index (κ1) is 15.0. The number of nitrogens with two attached hydrogens (primary N) is 1. The summed E-state index contributed by atoms with van der Waals surface area (Å²) >= 11 is 0. The highest BCUT2D eigenvalue weighted by molar-refractivity contribution is 6.62. The number of nitrogen functional groups attached to an aromatic ring is 1. The summed E-state index contributed by atoms with van der Waals surface area (Å²) in [6.07, 6.45) is 0. The Morgan fingerprint density at radius 1 is 1.22 bits per heavy atom. The molecule has 0 aliphatic heterocycles. The van der Waals surface area contributed by atoms with E-state index in [9.17, 15) is 10.1 Å². The molecule has 0 aromatic heterocycles. The van der Waals surface area contributed by atoms with Crippen LogP contribution in [0.3, 0.4) is 0 Å². The molecule has 0 bridgehead atoms. The van der Waals surface area contributed by atoms with Crippen LogP contribution >= 0.6 is 0 Å². The van der Waals surface area contributed by atoms with E-state index in [1.54, 1.807) is 39.8 Å². The van der Waals surface area contributed by atoms with E-state index in [1.807, 2.05) is 13.0 Å². The fourth-order valence-corrected chi connectivity index (χ4v) is 1.39. The lowest BCUT2D eigenvalue weighted by atomic mass is 9.75. The van der Waals surface area contributed by atoms with Crippen LogP contribution < -0.4 is 11.2 Å². The van der Waals surface area contributed by atoms with Gasteiger partial charge in [-0.1, -0.05) is 17.7 Å². The van der Waals surface area contributed by atoms with Crippen molar-refractivity contribution < 1.29 is 14.8 Å². The van der Waals surface area contributed by atoms with Crippen LogP contribution in [0.25, 0.3) is 0 Å². The van der Waals surface area contributed by atoms with Crippen LogP contribution in [0.1, 0.15) is 33.3 Å². The average Bonchev–Trinajstić information content (AvgIpc) is 2.19. The standard InChI is InChI=1S/C13H22BNO3/c1-9-6-7-11(15)10(8-9)14(17)18-13(4,5)12(2,3)16/h6-8,16-17H,15H2,1-5H3. The second-order valence-electron chi connectivity index (χ2n) is 5.67. The number of hydrogen-bond acceptors (Lipinski definition) is 4. The molecular weight excluding hydrogens is 229 g/mol. The Hall–Kier alpha value is -1.04. The highest BCUT2D eigenvalue weighted by Gasteiger charge is 2.39. The molecule has 0 unspecified atom stereocenters. The van der Waals surface area contributed by atoms with Crippen molar-refractivity contribution in [3.63, 3.8) is 0 Å². The lowest BCUT2D eigenvalue weighted by molar-refractivity contribution is -0.0982. The van der Waals surface area contributed by atoms with Gasteiger partial charge >= 0.3 is 7.12 Å². The first-order chi connectivity index (χ1) is 8.04. The molecule has 18 heavy (non-hydrogen) atoms. The maximum absolute atomic E-state index is 10.1. The van der Waals surface area contributed by atoms with Crippen molar-refractivity contribution in [1.29, 1.82) is 0 Å². The van der Waals surface area contributed by atoms with Crippen molar-refractivity contribution in [2.24, 2.45) is 0 Å². The van der Waals surface area contributed by atoms with Crippen molar-refractivity contribution in [3.8, 4) is 0 Å². The number of anilines is 1. The molecule has 0 spiro atoms. The second kappa shape index (κ2) is 4.92. The van der Waals surface area contributed by atoms with Crippen molar-refractivity contribution >= 4 is 18.3 Å². The Kier molecular flexibility index (Phi) is 4.10. The molecule has 0 amide bonds. The van der Waals surface area contributed by atoms with Gasteiger partial charge in [-0.05, 0) is 40.7 Å². The van der Waals surface area contributed by atoms with Crippen LogP contribution in [0.2, 0.25) is 0 Å². The average molecular weight is 251 g/mol. The van der Waals surface area contributed by atoms with Crippen LogP contribution in [-0.4, -0.2) is 28.5 Å². The molecule has 0 aliphatic carbocycles. The zero-order valence-electron chi connectivity index (χ0n) is 11.7. The first-order valence-corrected chi connectivity index (χ1v) is 5.99. The zero-order valence-corrected chi connectivity index (χ0v) is 11.7. The Balaban J connectivity index is 2.95.